The van der Waals surface area contributed by atoms with E-state index in [0.29, 0.717) is 5.92 Å². The largest absolute Gasteiger partial charge is 0.312 e. The van der Waals surface area contributed by atoms with Gasteiger partial charge in [-0.05, 0) is 30.5 Å². The molecule has 0 aromatic heterocycles. The molecule has 2 rings (SSSR count). The molecule has 18 heavy (non-hydrogen) atoms. The maximum absolute atomic E-state index is 12.5. The third-order valence-electron chi connectivity index (χ3n) is 3.98. The Morgan fingerprint density at radius 2 is 2.17 bits per heavy atom. The average molecular weight is 265 g/mol. The Morgan fingerprint density at radius 3 is 2.83 bits per heavy atom. The Bertz CT molecular complexity index is 432. The molecular formula is C15H23NOS. The Balaban J connectivity index is 2.14. The molecule has 1 aliphatic carbocycles. The summed E-state index contributed by atoms with van der Waals surface area (Å²) >= 11 is 0. The Hall–Kier alpha value is -0.670. The van der Waals surface area contributed by atoms with Crippen molar-refractivity contribution in [3.8, 4) is 0 Å². The highest BCUT2D eigenvalue weighted by Crippen LogP contribution is 2.34. The van der Waals surface area contributed by atoms with E-state index in [1.54, 1.807) is 0 Å². The van der Waals surface area contributed by atoms with Crippen LogP contribution in [0.3, 0.4) is 0 Å². The Morgan fingerprint density at radius 1 is 1.44 bits per heavy atom. The van der Waals surface area contributed by atoms with Crippen LogP contribution in [0.25, 0.3) is 0 Å². The van der Waals surface area contributed by atoms with E-state index >= 15 is 0 Å². The molecule has 2 nitrogen and oxygen atoms in total. The second kappa shape index (κ2) is 5.98. The first-order chi connectivity index (χ1) is 8.67. The molecule has 0 saturated carbocycles. The van der Waals surface area contributed by atoms with Gasteiger partial charge in [0.25, 0.3) is 0 Å². The van der Waals surface area contributed by atoms with E-state index in [1.165, 1.54) is 11.1 Å². The lowest BCUT2D eigenvalue weighted by atomic mass is 10.1. The van der Waals surface area contributed by atoms with Gasteiger partial charge in [-0.15, -0.1) is 0 Å². The van der Waals surface area contributed by atoms with Crippen molar-refractivity contribution >= 4 is 10.8 Å². The van der Waals surface area contributed by atoms with Crippen molar-refractivity contribution in [3.05, 3.63) is 35.4 Å². The van der Waals surface area contributed by atoms with Gasteiger partial charge in [-0.3, -0.25) is 4.21 Å². The third-order valence-corrected chi connectivity index (χ3v) is 5.99. The average Bonchev–Trinajstić information content (AvgIpc) is 2.77. The van der Waals surface area contributed by atoms with Crippen LogP contribution in [0.2, 0.25) is 0 Å². The second-order valence-corrected chi connectivity index (χ2v) is 6.97. The van der Waals surface area contributed by atoms with Gasteiger partial charge in [0.05, 0.1) is 5.25 Å². The molecule has 1 aromatic rings. The van der Waals surface area contributed by atoms with Gasteiger partial charge < -0.3 is 5.32 Å². The van der Waals surface area contributed by atoms with Crippen molar-refractivity contribution in [1.29, 1.82) is 0 Å². The fraction of sp³-hybridized carbons (Fsp3) is 0.600. The summed E-state index contributed by atoms with van der Waals surface area (Å²) in [5.74, 6) is 1.37. The van der Waals surface area contributed by atoms with Crippen molar-refractivity contribution in [2.75, 3.05) is 12.8 Å². The summed E-state index contributed by atoms with van der Waals surface area (Å²) in [6.45, 7) is 4.36. The monoisotopic (exact) mass is 265 g/mol. The summed E-state index contributed by atoms with van der Waals surface area (Å²) in [6.07, 6.45) is 2.06. The predicted octanol–water partition coefficient (Wildman–Crippen LogP) is 2.67. The van der Waals surface area contributed by atoms with Gasteiger partial charge in [0.15, 0.2) is 0 Å². The molecule has 0 bridgehead atoms. The van der Waals surface area contributed by atoms with Gasteiger partial charge in [-0.2, -0.15) is 0 Å². The lowest BCUT2D eigenvalue weighted by Crippen LogP contribution is -2.31. The molecule has 3 heteroatoms. The summed E-state index contributed by atoms with van der Waals surface area (Å²) in [4.78, 5) is 0. The molecule has 1 N–H and O–H groups in total. The van der Waals surface area contributed by atoms with E-state index in [4.69, 9.17) is 0 Å². The third kappa shape index (κ3) is 2.67. The topological polar surface area (TPSA) is 29.1 Å². The van der Waals surface area contributed by atoms with Gasteiger partial charge >= 0.3 is 0 Å². The van der Waals surface area contributed by atoms with E-state index < -0.39 is 10.8 Å². The zero-order valence-electron chi connectivity index (χ0n) is 11.5. The van der Waals surface area contributed by atoms with Crippen molar-refractivity contribution in [2.24, 2.45) is 5.92 Å². The number of fused-ring (bicyclic) bond motifs is 1. The lowest BCUT2D eigenvalue weighted by molar-refractivity contribution is 0.566. The molecule has 0 heterocycles. The zero-order valence-corrected chi connectivity index (χ0v) is 12.3. The van der Waals surface area contributed by atoms with Crippen LogP contribution >= 0.6 is 0 Å². The maximum Gasteiger partial charge on any atom is 0.0583 e. The summed E-state index contributed by atoms with van der Waals surface area (Å²) in [7, 11) is 1.23. The van der Waals surface area contributed by atoms with Crippen LogP contribution in [0.15, 0.2) is 24.3 Å². The molecule has 0 fully saturated rings. The second-order valence-electron chi connectivity index (χ2n) is 5.27. The summed E-state index contributed by atoms with van der Waals surface area (Å²) < 4.78 is 12.5. The molecule has 4 atom stereocenters. The van der Waals surface area contributed by atoms with Crippen molar-refractivity contribution in [1.82, 2.24) is 5.32 Å². The summed E-state index contributed by atoms with van der Waals surface area (Å²) in [5.41, 5.74) is 2.70. The van der Waals surface area contributed by atoms with Crippen molar-refractivity contribution < 1.29 is 4.21 Å². The van der Waals surface area contributed by atoms with E-state index in [2.05, 4.69) is 43.4 Å². The molecule has 1 aliphatic rings. The molecule has 0 saturated heterocycles. The van der Waals surface area contributed by atoms with E-state index in [-0.39, 0.29) is 11.3 Å². The van der Waals surface area contributed by atoms with E-state index in [0.717, 1.165) is 18.6 Å². The minimum absolute atomic E-state index is 0.237. The fourth-order valence-corrected chi connectivity index (χ4v) is 4.66. The van der Waals surface area contributed by atoms with Crippen molar-refractivity contribution in [2.45, 2.75) is 38.0 Å². The quantitative estimate of drug-likeness (QED) is 0.887. The zero-order chi connectivity index (χ0) is 13.1. The van der Waals surface area contributed by atoms with Gasteiger partial charge in [-0.25, -0.2) is 0 Å². The van der Waals surface area contributed by atoms with Gasteiger partial charge in [0.2, 0.25) is 0 Å². The normalized spacial score (nSPS) is 25.7. The standard InChI is InChI=1S/C15H23NOS/c1-4-11(2)10-18(17)14-9-12-7-5-6-8-13(12)15(14)16-3/h5-8,11,14-16H,4,9-10H2,1-3H3. The predicted molar refractivity (Wildman–Crippen MR) is 78.2 cm³/mol. The van der Waals surface area contributed by atoms with Crippen LogP contribution in [0.4, 0.5) is 0 Å². The van der Waals surface area contributed by atoms with Crippen molar-refractivity contribution in [3.63, 3.8) is 0 Å². The minimum atomic E-state index is -0.744. The number of nitrogens with one attached hydrogen (secondary N) is 1. The Kier molecular flexibility index (Phi) is 4.57. The minimum Gasteiger partial charge on any atom is -0.312 e. The number of hydrogen-bond donors (Lipinski definition) is 1. The highest BCUT2D eigenvalue weighted by atomic mass is 32.2. The van der Waals surface area contributed by atoms with Crippen LogP contribution in [0.5, 0.6) is 0 Å². The van der Waals surface area contributed by atoms with Gasteiger partial charge in [-0.1, -0.05) is 44.5 Å². The number of rotatable bonds is 5. The summed E-state index contributed by atoms with van der Waals surface area (Å²) in [6, 6.07) is 8.73. The first-order valence-corrected chi connectivity index (χ1v) is 8.17. The SMILES string of the molecule is CCC(C)CS(=O)C1Cc2ccccc2C1NC. The highest BCUT2D eigenvalue weighted by Gasteiger charge is 2.35. The molecule has 1 aromatic carbocycles. The smallest absolute Gasteiger partial charge is 0.0583 e. The Labute approximate surface area is 113 Å². The first kappa shape index (κ1) is 13.8. The van der Waals surface area contributed by atoms with Crippen LogP contribution in [-0.4, -0.2) is 22.3 Å². The fourth-order valence-electron chi connectivity index (χ4n) is 2.67. The number of hydrogen-bond acceptors (Lipinski definition) is 2. The molecule has 4 unspecified atom stereocenters. The molecule has 0 spiro atoms. The van der Waals surface area contributed by atoms with E-state index in [9.17, 15) is 4.21 Å². The maximum atomic E-state index is 12.5. The molecule has 0 amide bonds. The van der Waals surface area contributed by atoms with Gasteiger partial charge in [0.1, 0.15) is 0 Å². The summed E-state index contributed by atoms with van der Waals surface area (Å²) in [5, 5.41) is 3.59. The first-order valence-electron chi connectivity index (χ1n) is 6.79. The highest BCUT2D eigenvalue weighted by molar-refractivity contribution is 7.85. The molecule has 0 aliphatic heterocycles. The van der Waals surface area contributed by atoms with Gasteiger partial charge in [0, 0.05) is 22.6 Å². The number of benzene rings is 1. The molecule has 100 valence electrons. The van der Waals surface area contributed by atoms with Crippen LogP contribution in [-0.2, 0) is 17.2 Å². The molecule has 0 radical (unpaired) electrons. The van der Waals surface area contributed by atoms with Crippen LogP contribution < -0.4 is 5.32 Å². The lowest BCUT2D eigenvalue weighted by Gasteiger charge is -2.21. The van der Waals surface area contributed by atoms with Crippen LogP contribution in [0, 0.1) is 5.92 Å². The van der Waals surface area contributed by atoms with Crippen LogP contribution in [0.1, 0.15) is 37.4 Å². The van der Waals surface area contributed by atoms with E-state index in [1.807, 2.05) is 7.05 Å². The molecular weight excluding hydrogens is 242 g/mol.